The quantitative estimate of drug-likeness (QED) is 0.152. The van der Waals surface area contributed by atoms with E-state index in [0.717, 1.165) is 23.8 Å². The molecule has 1 aromatic rings. The van der Waals surface area contributed by atoms with Gasteiger partial charge >= 0.3 is 5.97 Å². The first-order valence-electron chi connectivity index (χ1n) is 9.50. The maximum absolute atomic E-state index is 13.1. The predicted molar refractivity (Wildman–Crippen MR) is 112 cm³/mol. The van der Waals surface area contributed by atoms with E-state index in [9.17, 15) is 9.36 Å². The number of hydrogen-bond donors (Lipinski definition) is 0. The fourth-order valence-corrected chi connectivity index (χ4v) is 6.24. The van der Waals surface area contributed by atoms with Gasteiger partial charge in [0.05, 0.1) is 19.4 Å². The summed E-state index contributed by atoms with van der Waals surface area (Å²) in [7, 11) is -0.932. The lowest BCUT2D eigenvalue weighted by atomic mass is 10.2. The Morgan fingerprint density at radius 2 is 2.11 bits per heavy atom. The van der Waals surface area contributed by atoms with Crippen molar-refractivity contribution in [2.75, 3.05) is 31.3 Å². The van der Waals surface area contributed by atoms with Crippen LogP contribution in [0.3, 0.4) is 0 Å². The van der Waals surface area contributed by atoms with Gasteiger partial charge in [-0.2, -0.15) is 0 Å². The van der Waals surface area contributed by atoms with Crippen LogP contribution in [0.2, 0.25) is 0 Å². The molecule has 1 aromatic heterocycles. The molecule has 1 rings (SSSR count). The zero-order valence-corrected chi connectivity index (χ0v) is 18.9. The molecule has 0 aliphatic heterocycles. The second kappa shape index (κ2) is 12.4. The van der Waals surface area contributed by atoms with Gasteiger partial charge in [0.25, 0.3) is 0 Å². The minimum atomic E-state index is -2.90. The van der Waals surface area contributed by atoms with Crippen LogP contribution in [0.4, 0.5) is 0 Å². The van der Waals surface area contributed by atoms with Gasteiger partial charge in [-0.15, -0.1) is 0 Å². The zero-order valence-electron chi connectivity index (χ0n) is 17.1. The molecule has 0 bridgehead atoms. The van der Waals surface area contributed by atoms with Gasteiger partial charge in [0, 0.05) is 36.9 Å². The number of allylic oxidation sites excluding steroid dienone is 1. The summed E-state index contributed by atoms with van der Waals surface area (Å²) in [6.45, 7) is 8.29. The number of aryl methyl sites for hydroxylation is 1. The molecular weight excluding hydrogens is 383 g/mol. The van der Waals surface area contributed by atoms with Crippen LogP contribution in [-0.4, -0.2) is 46.8 Å². The van der Waals surface area contributed by atoms with E-state index in [0.29, 0.717) is 24.9 Å². The van der Waals surface area contributed by atoms with Crippen molar-refractivity contribution < 1.29 is 18.6 Å². The normalized spacial score (nSPS) is 14.4. The number of imidazole rings is 1. The molecule has 0 spiro atoms. The lowest BCUT2D eigenvalue weighted by Gasteiger charge is -2.20. The second-order valence-corrected chi connectivity index (χ2v) is 10.4. The molecule has 0 fully saturated rings. The number of nitrogens with zero attached hydrogens (tertiary/aromatic N) is 2. The van der Waals surface area contributed by atoms with Gasteiger partial charge in [-0.1, -0.05) is 31.7 Å². The van der Waals surface area contributed by atoms with Crippen molar-refractivity contribution in [1.29, 1.82) is 0 Å². The maximum Gasteiger partial charge on any atom is 0.334 e. The van der Waals surface area contributed by atoms with Gasteiger partial charge in [0.15, 0.2) is 5.16 Å². The van der Waals surface area contributed by atoms with Crippen LogP contribution in [0.25, 0.3) is 0 Å². The van der Waals surface area contributed by atoms with Gasteiger partial charge < -0.3 is 13.8 Å². The average Bonchev–Trinajstić information content (AvgIpc) is 2.98. The third-order valence-corrected chi connectivity index (χ3v) is 7.69. The molecule has 0 aliphatic rings. The molecule has 27 heavy (non-hydrogen) atoms. The molecule has 0 radical (unpaired) electrons. The Labute approximate surface area is 167 Å². The highest BCUT2D eigenvalue weighted by Crippen LogP contribution is 2.50. The summed E-state index contributed by atoms with van der Waals surface area (Å²) in [6, 6.07) is 0. The van der Waals surface area contributed by atoms with Crippen molar-refractivity contribution in [3.63, 3.8) is 0 Å². The van der Waals surface area contributed by atoms with Crippen LogP contribution < -0.4 is 0 Å². The number of ether oxygens (including phenoxy) is 1. The van der Waals surface area contributed by atoms with Gasteiger partial charge in [0.2, 0.25) is 7.37 Å². The Hall–Kier alpha value is -1.04. The van der Waals surface area contributed by atoms with Crippen LogP contribution in [-0.2, 0) is 25.7 Å². The summed E-state index contributed by atoms with van der Waals surface area (Å²) < 4.78 is 25.9. The third kappa shape index (κ3) is 9.13. The van der Waals surface area contributed by atoms with Gasteiger partial charge in [0.1, 0.15) is 0 Å². The Kier molecular flexibility index (Phi) is 11.0. The Balaban J connectivity index is 2.71. The highest BCUT2D eigenvalue weighted by Gasteiger charge is 2.28. The van der Waals surface area contributed by atoms with Crippen LogP contribution in [0.15, 0.2) is 29.2 Å². The summed E-state index contributed by atoms with van der Waals surface area (Å²) in [5, 5.41) is 0.974. The van der Waals surface area contributed by atoms with Gasteiger partial charge in [-0.25, -0.2) is 9.78 Å². The number of esters is 1. The zero-order chi connectivity index (χ0) is 20.3. The summed E-state index contributed by atoms with van der Waals surface area (Å²) >= 11 is 1.68. The van der Waals surface area contributed by atoms with Crippen LogP contribution >= 0.6 is 19.1 Å². The molecule has 6 nitrogen and oxygen atoms in total. The van der Waals surface area contributed by atoms with E-state index in [1.807, 2.05) is 44.7 Å². The summed E-state index contributed by atoms with van der Waals surface area (Å²) in [5.41, 5.74) is 0.469. The van der Waals surface area contributed by atoms with Crippen LogP contribution in [0, 0.1) is 5.92 Å². The first kappa shape index (κ1) is 24.0. The molecule has 1 atom stereocenters. The first-order chi connectivity index (χ1) is 12.8. The standard InChI is InChI=1S/C19H33N2O4PS/c1-6-24-18(22)17(15-26(23,25-7-2)14-16(3)4)10-8-9-13-27-19-20-11-12-21(19)5/h10-12,16H,6-9,13-15H2,1-5H3/b17-10+. The largest absolute Gasteiger partial charge is 0.463 e. The van der Waals surface area contributed by atoms with E-state index in [4.69, 9.17) is 9.26 Å². The van der Waals surface area contributed by atoms with Crippen molar-refractivity contribution in [3.8, 4) is 0 Å². The van der Waals surface area contributed by atoms with Crippen molar-refractivity contribution in [3.05, 3.63) is 24.0 Å². The smallest absolute Gasteiger partial charge is 0.334 e. The SMILES string of the molecule is CCOC(=O)/C(=C/CCCSc1nccn1C)CP(=O)(CC(C)C)OCC. The van der Waals surface area contributed by atoms with Crippen molar-refractivity contribution in [1.82, 2.24) is 9.55 Å². The lowest BCUT2D eigenvalue weighted by Crippen LogP contribution is -2.14. The second-order valence-electron chi connectivity index (χ2n) is 6.73. The highest BCUT2D eigenvalue weighted by atomic mass is 32.2. The van der Waals surface area contributed by atoms with E-state index >= 15 is 0 Å². The molecule has 1 heterocycles. The van der Waals surface area contributed by atoms with Crippen LogP contribution in [0.1, 0.15) is 40.5 Å². The molecule has 0 saturated carbocycles. The first-order valence-corrected chi connectivity index (χ1v) is 12.5. The number of hydrogen-bond acceptors (Lipinski definition) is 6. The van der Waals surface area contributed by atoms with E-state index in [1.54, 1.807) is 24.9 Å². The molecule has 0 N–H and O–H groups in total. The number of aromatic nitrogens is 2. The lowest BCUT2D eigenvalue weighted by molar-refractivity contribution is -0.138. The molecule has 1 unspecified atom stereocenters. The Bertz CT molecular complexity index is 658. The minimum Gasteiger partial charge on any atom is -0.463 e. The van der Waals surface area contributed by atoms with Gasteiger partial charge in [-0.3, -0.25) is 4.57 Å². The van der Waals surface area contributed by atoms with Crippen molar-refractivity contribution in [2.24, 2.45) is 13.0 Å². The Morgan fingerprint density at radius 1 is 1.37 bits per heavy atom. The number of thioether (sulfide) groups is 1. The Morgan fingerprint density at radius 3 is 2.67 bits per heavy atom. The minimum absolute atomic E-state index is 0.143. The molecular formula is C19H33N2O4PS. The molecule has 0 aromatic carbocycles. The highest BCUT2D eigenvalue weighted by molar-refractivity contribution is 7.99. The number of carbonyl (C=O) groups is 1. The third-order valence-electron chi connectivity index (χ3n) is 3.70. The number of unbranched alkanes of at least 4 members (excludes halogenated alkanes) is 1. The molecule has 0 aliphatic carbocycles. The maximum atomic E-state index is 13.1. The summed E-state index contributed by atoms with van der Waals surface area (Å²) in [5.74, 6) is 0.741. The van der Waals surface area contributed by atoms with E-state index in [1.165, 1.54) is 0 Å². The summed E-state index contributed by atoms with van der Waals surface area (Å²) in [4.78, 5) is 16.6. The predicted octanol–water partition coefficient (Wildman–Crippen LogP) is 4.75. The number of carbonyl (C=O) groups excluding carboxylic acids is 1. The monoisotopic (exact) mass is 416 g/mol. The van der Waals surface area contributed by atoms with Crippen molar-refractivity contribution >= 4 is 25.1 Å². The van der Waals surface area contributed by atoms with Gasteiger partial charge in [-0.05, 0) is 32.6 Å². The van der Waals surface area contributed by atoms with E-state index in [2.05, 4.69) is 4.98 Å². The molecule has 0 saturated heterocycles. The fraction of sp³-hybridized carbons (Fsp3) is 0.684. The molecule has 0 amide bonds. The van der Waals surface area contributed by atoms with Crippen molar-refractivity contribution in [2.45, 2.75) is 45.7 Å². The summed E-state index contributed by atoms with van der Waals surface area (Å²) in [6.07, 6.45) is 7.78. The topological polar surface area (TPSA) is 70.4 Å². The average molecular weight is 417 g/mol. The molecule has 154 valence electrons. The van der Waals surface area contributed by atoms with E-state index < -0.39 is 13.3 Å². The fourth-order valence-electron chi connectivity index (χ4n) is 2.66. The van der Waals surface area contributed by atoms with E-state index in [-0.39, 0.29) is 12.1 Å². The molecule has 8 heteroatoms. The van der Waals surface area contributed by atoms with Crippen LogP contribution in [0.5, 0.6) is 0 Å². The number of rotatable bonds is 13.